The lowest BCUT2D eigenvalue weighted by Crippen LogP contribution is -2.41. The standard InChI is InChI=1S/C17H18N4O6S/c22-13(20-16(25)18-8-12-3-2-6-26-12)9-27-15(24)7-11-10-28-17(19-11)21-5-1-4-14(21)23/h2-3,6,10H,1,4-5,7-9H2,(H2,18,20,22,25). The lowest BCUT2D eigenvalue weighted by atomic mass is 10.3. The summed E-state index contributed by atoms with van der Waals surface area (Å²) < 4.78 is 9.89. The number of carbonyl (C=O) groups excluding carboxylic acids is 4. The molecule has 1 aliphatic heterocycles. The normalized spacial score (nSPS) is 13.4. The summed E-state index contributed by atoms with van der Waals surface area (Å²) in [6, 6.07) is 2.62. The summed E-state index contributed by atoms with van der Waals surface area (Å²) >= 11 is 1.28. The number of urea groups is 1. The number of aromatic nitrogens is 1. The zero-order valence-electron chi connectivity index (χ0n) is 14.8. The molecule has 0 unspecified atom stereocenters. The number of furan rings is 1. The van der Waals surface area contributed by atoms with E-state index in [1.807, 2.05) is 5.32 Å². The van der Waals surface area contributed by atoms with Crippen LogP contribution in [0.5, 0.6) is 0 Å². The molecule has 3 rings (SSSR count). The fourth-order valence-electron chi connectivity index (χ4n) is 2.48. The van der Waals surface area contributed by atoms with Gasteiger partial charge in [0.25, 0.3) is 5.91 Å². The Morgan fingerprint density at radius 1 is 1.36 bits per heavy atom. The van der Waals surface area contributed by atoms with E-state index in [1.54, 1.807) is 22.4 Å². The summed E-state index contributed by atoms with van der Waals surface area (Å²) in [5.41, 5.74) is 0.460. The fraction of sp³-hybridized carbons (Fsp3) is 0.353. The number of ether oxygens (including phenoxy) is 1. The van der Waals surface area contributed by atoms with E-state index in [9.17, 15) is 19.2 Å². The molecule has 11 heteroatoms. The molecule has 0 atom stereocenters. The van der Waals surface area contributed by atoms with Crippen molar-refractivity contribution in [1.82, 2.24) is 15.6 Å². The maximum Gasteiger partial charge on any atom is 0.321 e. The number of rotatable bonds is 7. The molecule has 1 fully saturated rings. The summed E-state index contributed by atoms with van der Waals surface area (Å²) in [5, 5.41) is 6.70. The van der Waals surface area contributed by atoms with Crippen molar-refractivity contribution in [2.45, 2.75) is 25.8 Å². The Kier molecular flexibility index (Phi) is 6.37. The van der Waals surface area contributed by atoms with E-state index < -0.39 is 24.5 Å². The monoisotopic (exact) mass is 406 g/mol. The first-order valence-corrected chi connectivity index (χ1v) is 9.39. The summed E-state index contributed by atoms with van der Waals surface area (Å²) in [6.07, 6.45) is 2.63. The largest absolute Gasteiger partial charge is 0.467 e. The quantitative estimate of drug-likeness (QED) is 0.655. The minimum absolute atomic E-state index is 0.0190. The minimum Gasteiger partial charge on any atom is -0.467 e. The Morgan fingerprint density at radius 2 is 2.21 bits per heavy atom. The average Bonchev–Trinajstić information content (AvgIpc) is 3.40. The van der Waals surface area contributed by atoms with Crippen molar-refractivity contribution in [3.05, 3.63) is 35.2 Å². The number of carbonyl (C=O) groups is 4. The summed E-state index contributed by atoms with van der Waals surface area (Å²) in [6.45, 7) is 0.157. The highest BCUT2D eigenvalue weighted by Gasteiger charge is 2.24. The van der Waals surface area contributed by atoms with Crippen LogP contribution in [-0.4, -0.2) is 42.0 Å². The molecule has 4 amide bonds. The molecule has 0 aromatic carbocycles. The Morgan fingerprint density at radius 3 is 2.93 bits per heavy atom. The predicted molar refractivity (Wildman–Crippen MR) is 97.5 cm³/mol. The first-order valence-electron chi connectivity index (χ1n) is 8.51. The highest BCUT2D eigenvalue weighted by Crippen LogP contribution is 2.25. The second-order valence-corrected chi connectivity index (χ2v) is 6.75. The van der Waals surface area contributed by atoms with Crippen molar-refractivity contribution in [2.24, 2.45) is 0 Å². The van der Waals surface area contributed by atoms with Crippen LogP contribution in [0.25, 0.3) is 0 Å². The van der Waals surface area contributed by atoms with Crippen LogP contribution in [0, 0.1) is 0 Å². The second-order valence-electron chi connectivity index (χ2n) is 5.92. The molecular weight excluding hydrogens is 388 g/mol. The number of hydrogen-bond donors (Lipinski definition) is 2. The van der Waals surface area contributed by atoms with Crippen LogP contribution in [0.15, 0.2) is 28.2 Å². The van der Waals surface area contributed by atoms with Gasteiger partial charge in [-0.25, -0.2) is 9.78 Å². The van der Waals surface area contributed by atoms with Crippen LogP contribution in [0.1, 0.15) is 24.3 Å². The smallest absolute Gasteiger partial charge is 0.321 e. The third-order valence-electron chi connectivity index (χ3n) is 3.79. The molecule has 0 aliphatic carbocycles. The molecule has 10 nitrogen and oxygen atoms in total. The fourth-order valence-corrected chi connectivity index (χ4v) is 3.35. The first-order chi connectivity index (χ1) is 13.5. The van der Waals surface area contributed by atoms with Gasteiger partial charge in [-0.3, -0.25) is 24.6 Å². The molecule has 0 saturated carbocycles. The Balaban J connectivity index is 1.36. The van der Waals surface area contributed by atoms with Gasteiger partial charge >= 0.3 is 12.0 Å². The van der Waals surface area contributed by atoms with Gasteiger partial charge in [0, 0.05) is 18.3 Å². The summed E-state index contributed by atoms with van der Waals surface area (Å²) in [7, 11) is 0. The highest BCUT2D eigenvalue weighted by molar-refractivity contribution is 7.14. The number of esters is 1. The van der Waals surface area contributed by atoms with Crippen LogP contribution >= 0.6 is 11.3 Å². The van der Waals surface area contributed by atoms with Gasteiger partial charge in [-0.15, -0.1) is 11.3 Å². The number of amides is 4. The van der Waals surface area contributed by atoms with Crippen LogP contribution in [0.3, 0.4) is 0 Å². The van der Waals surface area contributed by atoms with Gasteiger partial charge in [0.15, 0.2) is 11.7 Å². The Bertz CT molecular complexity index is 863. The van der Waals surface area contributed by atoms with Gasteiger partial charge in [0.2, 0.25) is 5.91 Å². The average molecular weight is 406 g/mol. The topological polar surface area (TPSA) is 131 Å². The molecule has 148 valence electrons. The van der Waals surface area contributed by atoms with E-state index in [2.05, 4.69) is 10.3 Å². The van der Waals surface area contributed by atoms with Crippen molar-refractivity contribution in [3.8, 4) is 0 Å². The van der Waals surface area contributed by atoms with Crippen molar-refractivity contribution in [3.63, 3.8) is 0 Å². The van der Waals surface area contributed by atoms with Gasteiger partial charge in [0.05, 0.1) is 24.9 Å². The van der Waals surface area contributed by atoms with Crippen LogP contribution < -0.4 is 15.5 Å². The maximum absolute atomic E-state index is 11.8. The number of anilines is 1. The molecule has 3 heterocycles. The Hall–Kier alpha value is -3.21. The van der Waals surface area contributed by atoms with E-state index >= 15 is 0 Å². The van der Waals surface area contributed by atoms with Gasteiger partial charge in [-0.2, -0.15) is 0 Å². The van der Waals surface area contributed by atoms with Gasteiger partial charge < -0.3 is 14.5 Å². The number of thiazole rings is 1. The molecule has 1 aliphatic rings. The second kappa shape index (κ2) is 9.13. The van der Waals surface area contributed by atoms with Crippen molar-refractivity contribution < 1.29 is 28.3 Å². The summed E-state index contributed by atoms with van der Waals surface area (Å²) in [4.78, 5) is 52.6. The lowest BCUT2D eigenvalue weighted by Gasteiger charge is -2.10. The molecule has 1 saturated heterocycles. The van der Waals surface area contributed by atoms with E-state index in [-0.39, 0.29) is 18.9 Å². The maximum atomic E-state index is 11.8. The van der Waals surface area contributed by atoms with Crippen LogP contribution in [0.2, 0.25) is 0 Å². The molecule has 0 bridgehead atoms. The molecule has 0 radical (unpaired) electrons. The number of nitrogens with zero attached hydrogens (tertiary/aromatic N) is 2. The van der Waals surface area contributed by atoms with E-state index in [4.69, 9.17) is 9.15 Å². The third kappa shape index (κ3) is 5.39. The molecule has 0 spiro atoms. The predicted octanol–water partition coefficient (Wildman–Crippen LogP) is 0.975. The molecular formula is C17H18N4O6S. The minimum atomic E-state index is -0.757. The highest BCUT2D eigenvalue weighted by atomic mass is 32.1. The van der Waals surface area contributed by atoms with Crippen molar-refractivity contribution in [2.75, 3.05) is 18.1 Å². The zero-order chi connectivity index (χ0) is 19.9. The number of nitrogens with one attached hydrogen (secondary N) is 2. The molecule has 2 aromatic heterocycles. The summed E-state index contributed by atoms with van der Waals surface area (Å²) in [5.74, 6) is -0.861. The molecule has 2 N–H and O–H groups in total. The Labute approximate surface area is 163 Å². The van der Waals surface area contributed by atoms with E-state index in [0.717, 1.165) is 6.42 Å². The SMILES string of the molecule is O=C(COC(=O)Cc1csc(N2CCCC2=O)n1)NC(=O)NCc1ccco1. The third-order valence-corrected chi connectivity index (χ3v) is 4.70. The molecule has 2 aromatic rings. The molecule has 28 heavy (non-hydrogen) atoms. The van der Waals surface area contributed by atoms with Gasteiger partial charge in [-0.05, 0) is 18.6 Å². The van der Waals surface area contributed by atoms with Gasteiger partial charge in [-0.1, -0.05) is 0 Å². The van der Waals surface area contributed by atoms with Gasteiger partial charge in [0.1, 0.15) is 5.76 Å². The van der Waals surface area contributed by atoms with Crippen LogP contribution in [-0.2, 0) is 32.1 Å². The number of hydrogen-bond acceptors (Lipinski definition) is 8. The lowest BCUT2D eigenvalue weighted by molar-refractivity contribution is -0.147. The van der Waals surface area contributed by atoms with E-state index in [1.165, 1.54) is 17.6 Å². The van der Waals surface area contributed by atoms with Crippen molar-refractivity contribution in [1.29, 1.82) is 0 Å². The van der Waals surface area contributed by atoms with Crippen molar-refractivity contribution >= 4 is 40.3 Å². The first kappa shape index (κ1) is 19.5. The zero-order valence-corrected chi connectivity index (χ0v) is 15.6. The number of imide groups is 1. The van der Waals surface area contributed by atoms with Crippen LogP contribution in [0.4, 0.5) is 9.93 Å². The van der Waals surface area contributed by atoms with E-state index in [0.29, 0.717) is 29.6 Å².